The molecule has 0 N–H and O–H groups in total. The normalized spacial score (nSPS) is 23.4. The van der Waals surface area contributed by atoms with Crippen molar-refractivity contribution in [1.29, 1.82) is 0 Å². The van der Waals surface area contributed by atoms with Crippen molar-refractivity contribution < 1.29 is 9.47 Å². The molecule has 0 spiro atoms. The van der Waals surface area contributed by atoms with Crippen LogP contribution >= 0.6 is 22.6 Å². The van der Waals surface area contributed by atoms with Gasteiger partial charge in [-0.25, -0.2) is 0 Å². The lowest BCUT2D eigenvalue weighted by atomic mass is 9.94. The minimum absolute atomic E-state index is 0.285. The molecule has 3 atom stereocenters. The van der Waals surface area contributed by atoms with Gasteiger partial charge in [0, 0.05) is 0 Å². The molecule has 0 radical (unpaired) electrons. The van der Waals surface area contributed by atoms with Crippen LogP contribution in [0, 0.1) is 5.92 Å². The predicted octanol–water partition coefficient (Wildman–Crippen LogP) is 8.06. The maximum absolute atomic E-state index is 6.21. The fourth-order valence-electron chi connectivity index (χ4n) is 4.09. The first-order valence-corrected chi connectivity index (χ1v) is 12.9. The Morgan fingerprint density at radius 2 is 1.31 bits per heavy atom. The summed E-state index contributed by atoms with van der Waals surface area (Å²) in [5.41, 5.74) is 0. The van der Waals surface area contributed by atoms with E-state index >= 15 is 0 Å². The molecule has 1 fully saturated rings. The second-order valence-electron chi connectivity index (χ2n) is 8.77. The Morgan fingerprint density at radius 3 is 1.81 bits per heavy atom. The van der Waals surface area contributed by atoms with Crippen LogP contribution in [0.25, 0.3) is 0 Å². The highest BCUT2D eigenvalue weighted by atomic mass is 127. The molecule has 1 aliphatic rings. The third kappa shape index (κ3) is 10.8. The van der Waals surface area contributed by atoms with E-state index in [4.69, 9.17) is 9.47 Å². The SMILES string of the molecule is CCCCCCCCCCCCCCC1OC(C)(C)O[C@H]1[C@@H](C)CCI. The van der Waals surface area contributed by atoms with Crippen LogP contribution in [0.2, 0.25) is 0 Å². The topological polar surface area (TPSA) is 18.5 Å². The lowest BCUT2D eigenvalue weighted by molar-refractivity contribution is -0.150. The van der Waals surface area contributed by atoms with Gasteiger partial charge in [-0.3, -0.25) is 0 Å². The highest BCUT2D eigenvalue weighted by molar-refractivity contribution is 14.1. The van der Waals surface area contributed by atoms with E-state index in [2.05, 4.69) is 50.3 Å². The molecule has 0 aliphatic carbocycles. The molecule has 0 aromatic rings. The Hall–Kier alpha value is 0.650. The quantitative estimate of drug-likeness (QED) is 0.126. The summed E-state index contributed by atoms with van der Waals surface area (Å²) >= 11 is 2.47. The predicted molar refractivity (Wildman–Crippen MR) is 122 cm³/mol. The largest absolute Gasteiger partial charge is 0.345 e. The molecular formula is C23H45IO2. The van der Waals surface area contributed by atoms with Crippen molar-refractivity contribution in [1.82, 2.24) is 0 Å². The summed E-state index contributed by atoms with van der Waals surface area (Å²) in [6, 6.07) is 0. The van der Waals surface area contributed by atoms with Crippen LogP contribution in [0.4, 0.5) is 0 Å². The van der Waals surface area contributed by atoms with E-state index in [1.807, 2.05) is 0 Å². The van der Waals surface area contributed by atoms with Gasteiger partial charge in [-0.15, -0.1) is 0 Å². The molecule has 1 aliphatic heterocycles. The van der Waals surface area contributed by atoms with Crippen molar-refractivity contribution in [3.05, 3.63) is 0 Å². The summed E-state index contributed by atoms with van der Waals surface area (Å²) in [5.74, 6) is 0.197. The van der Waals surface area contributed by atoms with Gasteiger partial charge in [0.05, 0.1) is 12.2 Å². The lowest BCUT2D eigenvalue weighted by Crippen LogP contribution is -2.30. The molecule has 1 heterocycles. The fraction of sp³-hybridized carbons (Fsp3) is 1.00. The molecular weight excluding hydrogens is 435 g/mol. The van der Waals surface area contributed by atoms with Crippen molar-refractivity contribution in [2.45, 2.75) is 136 Å². The van der Waals surface area contributed by atoms with Crippen LogP contribution in [0.15, 0.2) is 0 Å². The van der Waals surface area contributed by atoms with Crippen LogP contribution < -0.4 is 0 Å². The minimum Gasteiger partial charge on any atom is -0.345 e. The van der Waals surface area contributed by atoms with Gasteiger partial charge in [-0.2, -0.15) is 0 Å². The Bertz CT molecular complexity index is 332. The zero-order chi connectivity index (χ0) is 19.3. The number of alkyl halides is 1. The molecule has 0 aromatic heterocycles. The van der Waals surface area contributed by atoms with Crippen molar-refractivity contribution in [2.24, 2.45) is 5.92 Å². The molecule has 26 heavy (non-hydrogen) atoms. The second-order valence-corrected chi connectivity index (χ2v) is 9.85. The molecule has 1 unspecified atom stereocenters. The molecule has 156 valence electrons. The third-order valence-electron chi connectivity index (χ3n) is 5.69. The van der Waals surface area contributed by atoms with Crippen molar-refractivity contribution in [3.8, 4) is 0 Å². The summed E-state index contributed by atoms with van der Waals surface area (Å²) in [6.45, 7) is 8.75. The monoisotopic (exact) mass is 480 g/mol. The molecule has 0 saturated carbocycles. The second kappa shape index (κ2) is 14.6. The summed E-state index contributed by atoms with van der Waals surface area (Å²) in [4.78, 5) is 0. The number of ether oxygens (including phenoxy) is 2. The Balaban J connectivity index is 2.04. The van der Waals surface area contributed by atoms with E-state index in [1.165, 1.54) is 87.9 Å². The van der Waals surface area contributed by atoms with Gasteiger partial charge < -0.3 is 9.47 Å². The van der Waals surface area contributed by atoms with Gasteiger partial charge in [-0.1, -0.05) is 113 Å². The van der Waals surface area contributed by atoms with Crippen LogP contribution in [-0.2, 0) is 9.47 Å². The minimum atomic E-state index is -0.397. The van der Waals surface area contributed by atoms with Crippen LogP contribution in [0.5, 0.6) is 0 Å². The highest BCUT2D eigenvalue weighted by Crippen LogP contribution is 2.35. The smallest absolute Gasteiger partial charge is 0.163 e. The van der Waals surface area contributed by atoms with Gasteiger partial charge in [0.1, 0.15) is 0 Å². The molecule has 0 amide bonds. The standard InChI is InChI=1S/C23H45IO2/c1-5-6-7-8-9-10-11-12-13-14-15-16-17-21-22(20(2)18-19-24)26-23(3,4)25-21/h20-22H,5-19H2,1-4H3/t20-,21?,22-/m0/s1. The van der Waals surface area contributed by atoms with Gasteiger partial charge >= 0.3 is 0 Å². The summed E-state index contributed by atoms with van der Waals surface area (Å²) < 4.78 is 13.6. The zero-order valence-corrected chi connectivity index (χ0v) is 20.2. The Morgan fingerprint density at radius 1 is 0.808 bits per heavy atom. The Labute approximate surface area is 177 Å². The van der Waals surface area contributed by atoms with E-state index in [0.29, 0.717) is 12.0 Å². The van der Waals surface area contributed by atoms with Gasteiger partial charge in [-0.05, 0) is 37.0 Å². The van der Waals surface area contributed by atoms with Crippen LogP contribution in [-0.4, -0.2) is 22.4 Å². The van der Waals surface area contributed by atoms with E-state index in [0.717, 1.165) is 6.42 Å². The number of hydrogen-bond acceptors (Lipinski definition) is 2. The zero-order valence-electron chi connectivity index (χ0n) is 18.0. The average molecular weight is 481 g/mol. The highest BCUT2D eigenvalue weighted by Gasteiger charge is 2.42. The number of rotatable bonds is 16. The molecule has 0 bridgehead atoms. The number of unbranched alkanes of at least 4 members (excludes halogenated alkanes) is 11. The van der Waals surface area contributed by atoms with E-state index in [9.17, 15) is 0 Å². The van der Waals surface area contributed by atoms with Crippen molar-refractivity contribution >= 4 is 22.6 Å². The van der Waals surface area contributed by atoms with Crippen LogP contribution in [0.3, 0.4) is 0 Å². The molecule has 0 aromatic carbocycles. The third-order valence-corrected chi connectivity index (χ3v) is 6.31. The fourth-order valence-corrected chi connectivity index (χ4v) is 5.07. The van der Waals surface area contributed by atoms with Gasteiger partial charge in [0.15, 0.2) is 5.79 Å². The first-order chi connectivity index (χ1) is 12.5. The van der Waals surface area contributed by atoms with Crippen molar-refractivity contribution in [2.75, 3.05) is 4.43 Å². The first-order valence-electron chi connectivity index (χ1n) is 11.4. The van der Waals surface area contributed by atoms with Crippen LogP contribution in [0.1, 0.15) is 118 Å². The molecule has 2 nitrogen and oxygen atoms in total. The van der Waals surface area contributed by atoms with E-state index < -0.39 is 5.79 Å². The summed E-state index contributed by atoms with van der Waals surface area (Å²) in [5, 5.41) is 0. The average Bonchev–Trinajstić information content (AvgIpc) is 2.91. The first kappa shape index (κ1) is 24.7. The summed E-state index contributed by atoms with van der Waals surface area (Å²) in [6.07, 6.45) is 19.8. The number of hydrogen-bond donors (Lipinski definition) is 0. The maximum atomic E-state index is 6.21. The van der Waals surface area contributed by atoms with Gasteiger partial charge in [0.25, 0.3) is 0 Å². The summed E-state index contributed by atoms with van der Waals surface area (Å²) in [7, 11) is 0. The lowest BCUT2D eigenvalue weighted by Gasteiger charge is -2.23. The van der Waals surface area contributed by atoms with Gasteiger partial charge in [0.2, 0.25) is 0 Å². The Kier molecular flexibility index (Phi) is 13.9. The number of halogens is 1. The van der Waals surface area contributed by atoms with E-state index in [-0.39, 0.29) is 6.10 Å². The van der Waals surface area contributed by atoms with E-state index in [1.54, 1.807) is 0 Å². The maximum Gasteiger partial charge on any atom is 0.163 e. The van der Waals surface area contributed by atoms with Crippen molar-refractivity contribution in [3.63, 3.8) is 0 Å². The molecule has 1 rings (SSSR count). The molecule has 3 heteroatoms. The molecule has 1 saturated heterocycles.